The minimum Gasteiger partial charge on any atom is -0.480 e. The van der Waals surface area contributed by atoms with E-state index >= 15 is 0 Å². The molecule has 0 bridgehead atoms. The van der Waals surface area contributed by atoms with Gasteiger partial charge >= 0.3 is 12.0 Å². The van der Waals surface area contributed by atoms with Crippen molar-refractivity contribution >= 4 is 12.0 Å². The normalized spacial score (nSPS) is 20.4. The molecule has 0 aliphatic carbocycles. The third-order valence-corrected chi connectivity index (χ3v) is 4.31. The molecule has 1 unspecified atom stereocenters. The Hall–Kier alpha value is -1.30. The van der Waals surface area contributed by atoms with Crippen molar-refractivity contribution in [3.05, 3.63) is 0 Å². The van der Waals surface area contributed by atoms with Crippen LogP contribution in [0.4, 0.5) is 4.79 Å². The van der Waals surface area contributed by atoms with Crippen LogP contribution in [-0.2, 0) is 4.79 Å². The number of aliphatic carboxylic acids is 1. The SMILES string of the molecule is CCC(CC)(NC(=O)N1CCCCCC1CO)C(=O)O. The number of likely N-dealkylation sites (tertiary alicyclic amines) is 1. The molecular formula is C14H26N2O4. The van der Waals surface area contributed by atoms with Gasteiger partial charge in [-0.3, -0.25) is 0 Å². The highest BCUT2D eigenvalue weighted by molar-refractivity contribution is 5.86. The van der Waals surface area contributed by atoms with Crippen LogP contribution < -0.4 is 5.32 Å². The predicted octanol–water partition coefficient (Wildman–Crippen LogP) is 1.58. The van der Waals surface area contributed by atoms with Crippen LogP contribution in [0.25, 0.3) is 0 Å². The van der Waals surface area contributed by atoms with Gasteiger partial charge in [0.05, 0.1) is 12.6 Å². The number of carboxylic acid groups (broad SMARTS) is 1. The van der Waals surface area contributed by atoms with Crippen molar-refractivity contribution in [2.75, 3.05) is 13.2 Å². The summed E-state index contributed by atoms with van der Waals surface area (Å²) < 4.78 is 0. The van der Waals surface area contributed by atoms with Crippen molar-refractivity contribution in [2.24, 2.45) is 0 Å². The van der Waals surface area contributed by atoms with Gasteiger partial charge < -0.3 is 20.4 Å². The van der Waals surface area contributed by atoms with Gasteiger partial charge in [-0.2, -0.15) is 0 Å². The molecule has 1 rings (SSSR count). The molecule has 1 fully saturated rings. The van der Waals surface area contributed by atoms with E-state index in [1.54, 1.807) is 18.7 Å². The van der Waals surface area contributed by atoms with E-state index < -0.39 is 11.5 Å². The van der Waals surface area contributed by atoms with Gasteiger partial charge in [0.15, 0.2) is 0 Å². The zero-order chi connectivity index (χ0) is 15.2. The van der Waals surface area contributed by atoms with Gasteiger partial charge in [-0.1, -0.05) is 26.7 Å². The summed E-state index contributed by atoms with van der Waals surface area (Å²) in [5.74, 6) is -1.01. The topological polar surface area (TPSA) is 89.9 Å². The number of aliphatic hydroxyl groups is 1. The third kappa shape index (κ3) is 3.62. The Morgan fingerprint density at radius 3 is 2.40 bits per heavy atom. The maximum absolute atomic E-state index is 12.4. The van der Waals surface area contributed by atoms with E-state index in [1.165, 1.54) is 0 Å². The number of carboxylic acids is 1. The number of amides is 2. The minimum atomic E-state index is -1.22. The fourth-order valence-electron chi connectivity index (χ4n) is 2.69. The molecule has 2 amide bonds. The number of nitrogens with zero attached hydrogens (tertiary/aromatic N) is 1. The van der Waals surface area contributed by atoms with Crippen molar-refractivity contribution in [3.8, 4) is 0 Å². The van der Waals surface area contributed by atoms with E-state index in [4.69, 9.17) is 0 Å². The summed E-state index contributed by atoms with van der Waals surface area (Å²) in [5, 5.41) is 21.5. The Kier molecular flexibility index (Phi) is 6.26. The Bertz CT molecular complexity index is 342. The van der Waals surface area contributed by atoms with Gasteiger partial charge in [0, 0.05) is 6.54 Å². The van der Waals surface area contributed by atoms with Gasteiger partial charge in [0.1, 0.15) is 5.54 Å². The van der Waals surface area contributed by atoms with Crippen molar-refractivity contribution in [1.82, 2.24) is 10.2 Å². The summed E-state index contributed by atoms with van der Waals surface area (Å²) in [4.78, 5) is 25.4. The lowest BCUT2D eigenvalue weighted by atomic mass is 9.93. The molecule has 20 heavy (non-hydrogen) atoms. The maximum atomic E-state index is 12.4. The number of rotatable bonds is 5. The van der Waals surface area contributed by atoms with Gasteiger partial charge in [-0.05, 0) is 25.7 Å². The number of aliphatic hydroxyl groups excluding tert-OH is 1. The van der Waals surface area contributed by atoms with Crippen LogP contribution in [0.2, 0.25) is 0 Å². The van der Waals surface area contributed by atoms with Crippen LogP contribution in [-0.4, -0.2) is 51.8 Å². The zero-order valence-corrected chi connectivity index (χ0v) is 12.4. The Morgan fingerprint density at radius 1 is 1.25 bits per heavy atom. The van der Waals surface area contributed by atoms with Crippen LogP contribution in [0.15, 0.2) is 0 Å². The second-order valence-electron chi connectivity index (χ2n) is 5.40. The molecular weight excluding hydrogens is 260 g/mol. The standard InChI is InChI=1S/C14H26N2O4/c1-3-14(4-2,12(18)19)15-13(20)16-9-7-5-6-8-11(16)10-17/h11,17H,3-10H2,1-2H3,(H,15,20)(H,18,19). The molecule has 0 spiro atoms. The highest BCUT2D eigenvalue weighted by atomic mass is 16.4. The first-order valence-electron chi connectivity index (χ1n) is 7.43. The summed E-state index contributed by atoms with van der Waals surface area (Å²) in [6.07, 6.45) is 4.35. The Balaban J connectivity index is 2.83. The third-order valence-electron chi connectivity index (χ3n) is 4.31. The monoisotopic (exact) mass is 286 g/mol. The molecule has 0 saturated carbocycles. The number of hydrogen-bond donors (Lipinski definition) is 3. The Morgan fingerprint density at radius 2 is 1.90 bits per heavy atom. The summed E-state index contributed by atoms with van der Waals surface area (Å²) in [5.41, 5.74) is -1.22. The molecule has 1 aliphatic rings. The molecule has 0 aromatic rings. The van der Waals surface area contributed by atoms with E-state index in [0.29, 0.717) is 19.4 Å². The van der Waals surface area contributed by atoms with Crippen LogP contribution in [0.5, 0.6) is 0 Å². The van der Waals surface area contributed by atoms with Crippen molar-refractivity contribution in [1.29, 1.82) is 0 Å². The van der Waals surface area contributed by atoms with E-state index in [-0.39, 0.29) is 18.7 Å². The van der Waals surface area contributed by atoms with Crippen LogP contribution in [0.1, 0.15) is 52.4 Å². The highest BCUT2D eigenvalue weighted by Crippen LogP contribution is 2.20. The number of carbonyl (C=O) groups excluding carboxylic acids is 1. The largest absolute Gasteiger partial charge is 0.480 e. The minimum absolute atomic E-state index is 0.0776. The average molecular weight is 286 g/mol. The van der Waals surface area contributed by atoms with E-state index in [0.717, 1.165) is 25.7 Å². The molecule has 1 heterocycles. The fraction of sp³-hybridized carbons (Fsp3) is 0.857. The van der Waals surface area contributed by atoms with Crippen molar-refractivity contribution in [3.63, 3.8) is 0 Å². The molecule has 6 heteroatoms. The number of nitrogens with one attached hydrogen (secondary N) is 1. The van der Waals surface area contributed by atoms with E-state index in [1.807, 2.05) is 0 Å². The van der Waals surface area contributed by atoms with Crippen molar-refractivity contribution < 1.29 is 19.8 Å². The van der Waals surface area contributed by atoms with E-state index in [9.17, 15) is 19.8 Å². The highest BCUT2D eigenvalue weighted by Gasteiger charge is 2.38. The van der Waals surface area contributed by atoms with Crippen LogP contribution in [0, 0.1) is 0 Å². The van der Waals surface area contributed by atoms with Crippen molar-refractivity contribution in [2.45, 2.75) is 64.0 Å². The molecule has 1 saturated heterocycles. The van der Waals surface area contributed by atoms with E-state index in [2.05, 4.69) is 5.32 Å². The first kappa shape index (κ1) is 16.8. The molecule has 0 aromatic heterocycles. The van der Waals surface area contributed by atoms with Crippen LogP contribution >= 0.6 is 0 Å². The summed E-state index contributed by atoms with van der Waals surface area (Å²) in [6.45, 7) is 4.00. The number of urea groups is 1. The molecule has 116 valence electrons. The average Bonchev–Trinajstić information content (AvgIpc) is 2.69. The second kappa shape index (κ2) is 7.47. The number of carbonyl (C=O) groups is 2. The molecule has 0 radical (unpaired) electrons. The summed E-state index contributed by atoms with van der Waals surface area (Å²) >= 11 is 0. The molecule has 1 atom stereocenters. The molecule has 1 aliphatic heterocycles. The molecule has 3 N–H and O–H groups in total. The van der Waals surface area contributed by atoms with Gasteiger partial charge in [-0.15, -0.1) is 0 Å². The predicted molar refractivity (Wildman–Crippen MR) is 75.5 cm³/mol. The van der Waals surface area contributed by atoms with Crippen LogP contribution in [0.3, 0.4) is 0 Å². The summed E-state index contributed by atoms with van der Waals surface area (Å²) in [7, 11) is 0. The lowest BCUT2D eigenvalue weighted by Gasteiger charge is -2.34. The second-order valence-corrected chi connectivity index (χ2v) is 5.40. The lowest BCUT2D eigenvalue weighted by Crippen LogP contribution is -2.59. The van der Waals surface area contributed by atoms with Gasteiger partial charge in [-0.25, -0.2) is 9.59 Å². The lowest BCUT2D eigenvalue weighted by molar-refractivity contribution is -0.144. The first-order chi connectivity index (χ1) is 9.50. The number of hydrogen-bond acceptors (Lipinski definition) is 3. The molecule has 6 nitrogen and oxygen atoms in total. The van der Waals surface area contributed by atoms with Gasteiger partial charge in [0.25, 0.3) is 0 Å². The quantitative estimate of drug-likeness (QED) is 0.715. The Labute approximate surface area is 120 Å². The summed E-state index contributed by atoms with van der Waals surface area (Å²) in [6, 6.07) is -0.588. The molecule has 0 aromatic carbocycles. The first-order valence-corrected chi connectivity index (χ1v) is 7.43. The maximum Gasteiger partial charge on any atom is 0.329 e. The smallest absolute Gasteiger partial charge is 0.329 e. The van der Waals surface area contributed by atoms with Gasteiger partial charge in [0.2, 0.25) is 0 Å². The fourth-order valence-corrected chi connectivity index (χ4v) is 2.69. The zero-order valence-electron chi connectivity index (χ0n) is 12.4.